The van der Waals surface area contributed by atoms with Gasteiger partial charge in [0.1, 0.15) is 16.4 Å². The Morgan fingerprint density at radius 3 is 2.48 bits per heavy atom. The molecule has 0 radical (unpaired) electrons. The van der Waals surface area contributed by atoms with Crippen LogP contribution in [0.2, 0.25) is 23.3 Å². The first-order chi connectivity index (χ1) is 12.3. The Morgan fingerprint density at radius 2 is 1.96 bits per heavy atom. The highest BCUT2D eigenvalue weighted by atomic mass is 35.5. The highest BCUT2D eigenvalue weighted by Crippen LogP contribution is 2.37. The molecule has 0 bridgehead atoms. The van der Waals surface area contributed by atoms with Gasteiger partial charge in [-0.25, -0.2) is 9.78 Å². The number of nitrogens with two attached hydrogens (primary N) is 1. The Kier molecular flexibility index (Phi) is 6.43. The maximum Gasteiger partial charge on any atom is 0.405 e. The number of hydrogen-bond acceptors (Lipinski definition) is 6. The Labute approximate surface area is 167 Å². The molecule has 1 amide bonds. The smallest absolute Gasteiger partial charge is 0.405 e. The van der Waals surface area contributed by atoms with Gasteiger partial charge in [-0.2, -0.15) is 0 Å². The minimum absolute atomic E-state index is 0.117. The number of hydrogen-bond donors (Lipinski definition) is 1. The molecule has 2 N–H and O–H groups in total. The van der Waals surface area contributed by atoms with Crippen molar-refractivity contribution in [3.8, 4) is 0 Å². The average Bonchev–Trinajstić information content (AvgIpc) is 2.52. The average molecular weight is 415 g/mol. The number of aromatic nitrogens is 2. The lowest BCUT2D eigenvalue weighted by atomic mass is 9.93. The van der Waals surface area contributed by atoms with E-state index >= 15 is 0 Å². The summed E-state index contributed by atoms with van der Waals surface area (Å²) in [5, 5.41) is 0.467. The third kappa shape index (κ3) is 5.55. The molecule has 152 valence electrons. The minimum Gasteiger partial charge on any atom is -0.443 e. The van der Waals surface area contributed by atoms with E-state index in [0.717, 1.165) is 11.5 Å². The first-order valence-corrected chi connectivity index (χ1v) is 12.5. The largest absolute Gasteiger partial charge is 0.443 e. The fourth-order valence-corrected chi connectivity index (χ4v) is 3.80. The Morgan fingerprint density at radius 1 is 1.37 bits per heavy atom. The molecule has 0 aliphatic carbocycles. The lowest BCUT2D eigenvalue weighted by Crippen LogP contribution is -2.46. The molecular weight excluding hydrogens is 384 g/mol. The predicted octanol–water partition coefficient (Wildman–Crippen LogP) is 4.11. The summed E-state index contributed by atoms with van der Waals surface area (Å²) in [6.45, 7) is 14.7. The summed E-state index contributed by atoms with van der Waals surface area (Å²) >= 11 is 6.11. The van der Waals surface area contributed by atoms with E-state index in [0.29, 0.717) is 37.7 Å². The first-order valence-electron chi connectivity index (χ1n) is 9.22. The zero-order valence-electron chi connectivity index (χ0n) is 17.1. The van der Waals surface area contributed by atoms with Crippen LogP contribution in [0.3, 0.4) is 0 Å². The summed E-state index contributed by atoms with van der Waals surface area (Å²) in [5.41, 5.74) is 5.42. The molecule has 2 heterocycles. The van der Waals surface area contributed by atoms with E-state index in [1.807, 2.05) is 6.92 Å². The molecule has 27 heavy (non-hydrogen) atoms. The molecule has 0 saturated carbocycles. The normalized spacial score (nSPS) is 17.7. The van der Waals surface area contributed by atoms with Crippen molar-refractivity contribution in [1.82, 2.24) is 9.97 Å². The van der Waals surface area contributed by atoms with E-state index in [1.165, 1.54) is 0 Å². The third-order valence-corrected chi connectivity index (χ3v) is 10.3. The van der Waals surface area contributed by atoms with Gasteiger partial charge in [-0.3, -0.25) is 4.98 Å². The molecule has 0 unspecified atom stereocenters. The van der Waals surface area contributed by atoms with Gasteiger partial charge in [0.25, 0.3) is 0 Å². The topological polar surface area (TPSA) is 90.6 Å². The third-order valence-electron chi connectivity index (χ3n) is 5.64. The highest BCUT2D eigenvalue weighted by Gasteiger charge is 2.38. The van der Waals surface area contributed by atoms with Crippen LogP contribution in [0.5, 0.6) is 0 Å². The van der Waals surface area contributed by atoms with E-state index in [2.05, 4.69) is 48.7 Å². The molecule has 1 aromatic heterocycles. The number of amides is 1. The Bertz CT molecular complexity index is 686. The summed E-state index contributed by atoms with van der Waals surface area (Å²) < 4.78 is 11.6. The maximum absolute atomic E-state index is 11.1. The minimum atomic E-state index is -1.91. The van der Waals surface area contributed by atoms with Gasteiger partial charge in [0.05, 0.1) is 12.8 Å². The Hall–Kier alpha value is -1.38. The van der Waals surface area contributed by atoms with Gasteiger partial charge in [-0.05, 0) is 25.1 Å². The van der Waals surface area contributed by atoms with Gasteiger partial charge < -0.3 is 19.8 Å². The molecule has 1 saturated heterocycles. The monoisotopic (exact) mass is 414 g/mol. The standard InChI is InChI=1S/C18H31ClN4O3Si/c1-17(2,3)27(5,6)25-12-13-15(22-14(19)11-21-13)23-9-7-18(4,8-10-23)26-16(20)24/h11H,7-10,12H2,1-6H3,(H2,20,24). The van der Waals surface area contributed by atoms with Gasteiger partial charge in [0, 0.05) is 25.9 Å². The van der Waals surface area contributed by atoms with Crippen LogP contribution >= 0.6 is 11.6 Å². The second kappa shape index (κ2) is 7.93. The van der Waals surface area contributed by atoms with Crippen LogP contribution < -0.4 is 10.6 Å². The first kappa shape index (κ1) is 21.9. The Balaban J connectivity index is 2.14. The van der Waals surface area contributed by atoms with Gasteiger partial charge in [0.15, 0.2) is 14.1 Å². The zero-order valence-corrected chi connectivity index (χ0v) is 18.9. The van der Waals surface area contributed by atoms with Crippen LogP contribution in [-0.2, 0) is 15.8 Å². The summed E-state index contributed by atoms with van der Waals surface area (Å²) in [4.78, 5) is 22.2. The lowest BCUT2D eigenvalue weighted by molar-refractivity contribution is 0.0126. The molecule has 9 heteroatoms. The number of halogens is 1. The lowest BCUT2D eigenvalue weighted by Gasteiger charge is -2.39. The number of piperidine rings is 1. The quantitative estimate of drug-likeness (QED) is 0.729. The summed E-state index contributed by atoms with van der Waals surface area (Å²) in [6, 6.07) is 0. The summed E-state index contributed by atoms with van der Waals surface area (Å²) in [7, 11) is -1.91. The molecule has 0 aromatic carbocycles. The van der Waals surface area contributed by atoms with Crippen LogP contribution in [0.4, 0.5) is 10.6 Å². The SMILES string of the molecule is CC1(OC(N)=O)CCN(c2nc(Cl)cnc2CO[Si](C)(C)C(C)(C)C)CC1. The van der Waals surface area contributed by atoms with Crippen molar-refractivity contribution in [2.75, 3.05) is 18.0 Å². The van der Waals surface area contributed by atoms with Gasteiger partial charge >= 0.3 is 6.09 Å². The molecule has 1 fully saturated rings. The fourth-order valence-electron chi connectivity index (χ4n) is 2.74. The van der Waals surface area contributed by atoms with Crippen molar-refractivity contribution in [2.24, 2.45) is 5.73 Å². The predicted molar refractivity (Wildman–Crippen MR) is 110 cm³/mol. The second-order valence-electron chi connectivity index (χ2n) is 8.87. The molecule has 7 nitrogen and oxygen atoms in total. The van der Waals surface area contributed by atoms with Gasteiger partial charge in [-0.15, -0.1) is 0 Å². The molecule has 0 spiro atoms. The zero-order chi connectivity index (χ0) is 20.5. The summed E-state index contributed by atoms with van der Waals surface area (Å²) in [6.07, 6.45) is 2.14. The number of primary amides is 1. The van der Waals surface area contributed by atoms with Crippen molar-refractivity contribution in [2.45, 2.75) is 70.9 Å². The van der Waals surface area contributed by atoms with Crippen LogP contribution in [0.1, 0.15) is 46.2 Å². The van der Waals surface area contributed by atoms with Crippen LogP contribution in [-0.4, -0.2) is 43.1 Å². The van der Waals surface area contributed by atoms with Crippen molar-refractivity contribution in [3.63, 3.8) is 0 Å². The maximum atomic E-state index is 11.1. The van der Waals surface area contributed by atoms with Crippen molar-refractivity contribution in [1.29, 1.82) is 0 Å². The van der Waals surface area contributed by atoms with Crippen LogP contribution in [0.25, 0.3) is 0 Å². The molecule has 0 atom stereocenters. The van der Waals surface area contributed by atoms with Gasteiger partial charge in [-0.1, -0.05) is 32.4 Å². The number of carbonyl (C=O) groups excluding carboxylic acids is 1. The van der Waals surface area contributed by atoms with E-state index in [4.69, 9.17) is 26.5 Å². The number of carbonyl (C=O) groups is 1. The molecule has 1 aliphatic rings. The number of rotatable bonds is 5. The van der Waals surface area contributed by atoms with Crippen LogP contribution in [0.15, 0.2) is 6.20 Å². The van der Waals surface area contributed by atoms with E-state index in [-0.39, 0.29) is 5.04 Å². The van der Waals surface area contributed by atoms with Crippen LogP contribution in [0, 0.1) is 0 Å². The van der Waals surface area contributed by atoms with Crippen molar-refractivity contribution >= 4 is 31.8 Å². The van der Waals surface area contributed by atoms with Gasteiger partial charge in [0.2, 0.25) is 0 Å². The number of nitrogens with zero attached hydrogens (tertiary/aromatic N) is 3. The molecule has 2 rings (SSSR count). The molecule has 1 aliphatic heterocycles. The molecular formula is C18H31ClN4O3Si. The van der Waals surface area contributed by atoms with E-state index in [9.17, 15) is 4.79 Å². The second-order valence-corrected chi connectivity index (χ2v) is 14.1. The van der Waals surface area contributed by atoms with E-state index in [1.54, 1.807) is 6.20 Å². The number of anilines is 1. The number of ether oxygens (including phenoxy) is 1. The van der Waals surface area contributed by atoms with E-state index < -0.39 is 20.0 Å². The summed E-state index contributed by atoms with van der Waals surface area (Å²) in [5.74, 6) is 0.738. The van der Waals surface area contributed by atoms with Crippen molar-refractivity contribution in [3.05, 3.63) is 17.0 Å². The molecule has 1 aromatic rings. The fraction of sp³-hybridized carbons (Fsp3) is 0.722. The highest BCUT2D eigenvalue weighted by molar-refractivity contribution is 6.74. The van der Waals surface area contributed by atoms with Crippen molar-refractivity contribution < 1.29 is 14.0 Å².